The molecule has 0 unspecified atom stereocenters. The van der Waals surface area contributed by atoms with Crippen LogP contribution in [0.25, 0.3) is 0 Å². The number of carbonyl (C=O) groups is 4. The Labute approximate surface area is 219 Å². The van der Waals surface area contributed by atoms with Crippen LogP contribution < -0.4 is 10.1 Å². The van der Waals surface area contributed by atoms with Gasteiger partial charge in [0.1, 0.15) is 34.0 Å². The van der Waals surface area contributed by atoms with Crippen LogP contribution in [-0.2, 0) is 32.8 Å². The van der Waals surface area contributed by atoms with Crippen LogP contribution in [-0.4, -0.2) is 51.5 Å². The molecule has 1 aliphatic carbocycles. The minimum Gasteiger partial charge on any atom is -0.507 e. The van der Waals surface area contributed by atoms with Gasteiger partial charge >= 0.3 is 0 Å². The third kappa shape index (κ3) is 3.60. The quantitative estimate of drug-likeness (QED) is 0.321. The molecule has 196 valence electrons. The summed E-state index contributed by atoms with van der Waals surface area (Å²) in [6.07, 6.45) is 1.91. The number of Topliss-reactive ketones (excluding diaryl/α,β-unsaturated/α-hetero) is 2. The maximum absolute atomic E-state index is 13.9. The van der Waals surface area contributed by atoms with Crippen LogP contribution in [0.3, 0.4) is 0 Å². The fourth-order valence-corrected chi connectivity index (χ4v) is 5.48. The molecule has 1 amide bonds. The van der Waals surface area contributed by atoms with Crippen molar-refractivity contribution in [3.63, 3.8) is 0 Å². The van der Waals surface area contributed by atoms with E-state index in [9.17, 15) is 29.4 Å². The first kappa shape index (κ1) is 25.3. The number of hydrogen-bond acceptors (Lipinski definition) is 8. The molecule has 0 fully saturated rings. The zero-order valence-electron chi connectivity index (χ0n) is 21.6. The van der Waals surface area contributed by atoms with Crippen molar-refractivity contribution in [1.29, 1.82) is 0 Å². The van der Waals surface area contributed by atoms with Gasteiger partial charge in [-0.25, -0.2) is 0 Å². The van der Waals surface area contributed by atoms with Crippen LogP contribution in [0, 0.1) is 6.92 Å². The summed E-state index contributed by atoms with van der Waals surface area (Å²) in [6, 6.07) is 7.96. The fourth-order valence-electron chi connectivity index (χ4n) is 5.48. The number of phenolic OH excluding ortho intramolecular Hbond substituents is 2. The SMILES string of the molecule is CC(=O)c1c(O)c(C)c(O)c2c1OC1=CC(=O)C(=C(C)NCC(=O)N3CCc4ccccc4C3)C(=O)[C@@]12C. The summed E-state index contributed by atoms with van der Waals surface area (Å²) in [5, 5.41) is 24.3. The molecular weight excluding hydrogens is 488 g/mol. The second-order valence-electron chi connectivity index (χ2n) is 10.1. The number of nitrogens with zero attached hydrogens (tertiary/aromatic N) is 1. The van der Waals surface area contributed by atoms with E-state index in [4.69, 9.17) is 4.74 Å². The van der Waals surface area contributed by atoms with Crippen molar-refractivity contribution in [3.05, 3.63) is 75.2 Å². The average Bonchev–Trinajstić information content (AvgIpc) is 3.18. The number of nitrogens with one attached hydrogen (secondary N) is 1. The third-order valence-electron chi connectivity index (χ3n) is 7.75. The molecule has 0 saturated heterocycles. The van der Waals surface area contributed by atoms with Crippen LogP contribution in [0.2, 0.25) is 0 Å². The Morgan fingerprint density at radius 2 is 1.79 bits per heavy atom. The lowest BCUT2D eigenvalue weighted by molar-refractivity contribution is -0.131. The van der Waals surface area contributed by atoms with E-state index in [0.29, 0.717) is 13.1 Å². The Morgan fingerprint density at radius 3 is 2.47 bits per heavy atom. The number of aromatic hydroxyl groups is 2. The second kappa shape index (κ2) is 8.86. The Kier molecular flexibility index (Phi) is 5.89. The molecule has 9 heteroatoms. The third-order valence-corrected chi connectivity index (χ3v) is 7.75. The van der Waals surface area contributed by atoms with E-state index in [2.05, 4.69) is 11.4 Å². The Hall–Kier alpha value is -4.40. The molecule has 3 aliphatic rings. The molecule has 0 saturated carbocycles. The Balaban J connectivity index is 1.45. The zero-order valence-corrected chi connectivity index (χ0v) is 21.6. The highest BCUT2D eigenvalue weighted by Crippen LogP contribution is 2.57. The Morgan fingerprint density at radius 1 is 1.11 bits per heavy atom. The van der Waals surface area contributed by atoms with Crippen molar-refractivity contribution < 1.29 is 34.1 Å². The number of benzene rings is 2. The van der Waals surface area contributed by atoms with Crippen LogP contribution in [0.1, 0.15) is 53.4 Å². The largest absolute Gasteiger partial charge is 0.507 e. The van der Waals surface area contributed by atoms with Crippen molar-refractivity contribution >= 4 is 23.3 Å². The summed E-state index contributed by atoms with van der Waals surface area (Å²) in [6.45, 7) is 6.67. The highest BCUT2D eigenvalue weighted by Gasteiger charge is 2.56. The predicted octanol–water partition coefficient (Wildman–Crippen LogP) is 2.74. The highest BCUT2D eigenvalue weighted by atomic mass is 16.5. The lowest BCUT2D eigenvalue weighted by Gasteiger charge is -2.30. The van der Waals surface area contributed by atoms with E-state index < -0.39 is 28.5 Å². The van der Waals surface area contributed by atoms with Gasteiger partial charge in [0, 0.05) is 30.4 Å². The number of allylic oxidation sites excluding steroid dienone is 4. The number of amides is 1. The maximum Gasteiger partial charge on any atom is 0.242 e. The van der Waals surface area contributed by atoms with Crippen LogP contribution in [0.5, 0.6) is 17.2 Å². The summed E-state index contributed by atoms with van der Waals surface area (Å²) in [5.41, 5.74) is 0.647. The van der Waals surface area contributed by atoms with Gasteiger partial charge in [0.05, 0.1) is 17.7 Å². The number of hydrogen-bond donors (Lipinski definition) is 3. The monoisotopic (exact) mass is 516 g/mol. The van der Waals surface area contributed by atoms with Gasteiger partial charge in [0.2, 0.25) is 5.91 Å². The number of fused-ring (bicyclic) bond motifs is 4. The molecule has 0 radical (unpaired) electrons. The van der Waals surface area contributed by atoms with E-state index in [1.165, 1.54) is 26.3 Å². The summed E-state index contributed by atoms with van der Waals surface area (Å²) in [4.78, 5) is 53.9. The van der Waals surface area contributed by atoms with Gasteiger partial charge in [-0.05, 0) is 45.2 Å². The predicted molar refractivity (Wildman–Crippen MR) is 137 cm³/mol. The first-order valence-electron chi connectivity index (χ1n) is 12.3. The maximum atomic E-state index is 13.9. The van der Waals surface area contributed by atoms with E-state index >= 15 is 0 Å². The first-order chi connectivity index (χ1) is 18.0. The molecule has 0 spiro atoms. The van der Waals surface area contributed by atoms with E-state index in [0.717, 1.165) is 18.1 Å². The van der Waals surface area contributed by atoms with Gasteiger partial charge in [-0.15, -0.1) is 0 Å². The topological polar surface area (TPSA) is 133 Å². The summed E-state index contributed by atoms with van der Waals surface area (Å²) < 4.78 is 5.77. The van der Waals surface area contributed by atoms with Gasteiger partial charge in [0.15, 0.2) is 17.3 Å². The van der Waals surface area contributed by atoms with Gasteiger partial charge in [0.25, 0.3) is 0 Å². The average molecular weight is 517 g/mol. The normalized spacial score (nSPS) is 21.2. The molecule has 3 N–H and O–H groups in total. The first-order valence-corrected chi connectivity index (χ1v) is 12.3. The molecule has 2 aromatic rings. The van der Waals surface area contributed by atoms with E-state index in [1.54, 1.807) is 11.8 Å². The lowest BCUT2D eigenvalue weighted by atomic mass is 9.70. The molecule has 2 aliphatic heterocycles. The number of phenols is 2. The van der Waals surface area contributed by atoms with Crippen molar-refractivity contribution in [3.8, 4) is 17.2 Å². The van der Waals surface area contributed by atoms with Gasteiger partial charge < -0.3 is 25.2 Å². The molecular formula is C29H28N2O7. The molecule has 38 heavy (non-hydrogen) atoms. The molecule has 2 heterocycles. The van der Waals surface area contributed by atoms with E-state index in [1.807, 2.05) is 18.2 Å². The lowest BCUT2D eigenvalue weighted by Crippen LogP contribution is -2.43. The molecule has 9 nitrogen and oxygen atoms in total. The van der Waals surface area contributed by atoms with Gasteiger partial charge in [-0.1, -0.05) is 24.3 Å². The number of rotatable bonds is 4. The zero-order chi connectivity index (χ0) is 27.5. The fraction of sp³-hybridized carbons (Fsp3) is 0.310. The summed E-state index contributed by atoms with van der Waals surface area (Å²) in [7, 11) is 0. The van der Waals surface area contributed by atoms with Crippen molar-refractivity contribution in [2.45, 2.75) is 46.1 Å². The van der Waals surface area contributed by atoms with E-state index in [-0.39, 0.29) is 57.7 Å². The van der Waals surface area contributed by atoms with Crippen LogP contribution in [0.15, 0.2) is 47.4 Å². The molecule has 1 atom stereocenters. The molecule has 0 bridgehead atoms. The van der Waals surface area contributed by atoms with Crippen LogP contribution >= 0.6 is 0 Å². The molecule has 5 rings (SSSR count). The molecule has 0 aromatic heterocycles. The minimum atomic E-state index is -1.60. The van der Waals surface area contributed by atoms with Crippen molar-refractivity contribution in [2.24, 2.45) is 0 Å². The van der Waals surface area contributed by atoms with Gasteiger partial charge in [-0.3, -0.25) is 19.2 Å². The highest BCUT2D eigenvalue weighted by molar-refractivity contribution is 6.31. The number of ether oxygens (including phenoxy) is 1. The Bertz CT molecular complexity index is 1520. The van der Waals surface area contributed by atoms with Crippen molar-refractivity contribution in [2.75, 3.05) is 13.1 Å². The van der Waals surface area contributed by atoms with Gasteiger partial charge in [-0.2, -0.15) is 0 Å². The number of ketones is 3. The smallest absolute Gasteiger partial charge is 0.242 e. The summed E-state index contributed by atoms with van der Waals surface area (Å²) in [5.74, 6) is -2.95. The second-order valence-corrected chi connectivity index (χ2v) is 10.1. The minimum absolute atomic E-state index is 0.0232. The summed E-state index contributed by atoms with van der Waals surface area (Å²) >= 11 is 0. The van der Waals surface area contributed by atoms with Crippen LogP contribution in [0.4, 0.5) is 0 Å². The molecule has 2 aromatic carbocycles. The van der Waals surface area contributed by atoms with Crippen molar-refractivity contribution in [1.82, 2.24) is 10.2 Å². The standard InChI is InChI=1S/C29H28N2O7/c1-14-25(35)23(16(3)32)27-24(26(14)36)29(4)20(38-27)11-19(33)22(28(29)37)15(2)30-12-21(34)31-10-9-17-7-5-6-8-18(17)13-31/h5-8,11,30,35-36H,9-10,12-13H2,1-4H3/t29-/m0/s1. The number of carbonyl (C=O) groups excluding carboxylic acids is 4.